The molecule has 0 aliphatic carbocycles. The van der Waals surface area contributed by atoms with E-state index in [1.54, 1.807) is 7.11 Å². The number of H-pyrrole nitrogens is 1. The summed E-state index contributed by atoms with van der Waals surface area (Å²) in [5, 5.41) is 0. The normalized spacial score (nSPS) is 20.9. The van der Waals surface area contributed by atoms with Gasteiger partial charge in [0, 0.05) is 25.8 Å². The molecule has 1 fully saturated rings. The van der Waals surface area contributed by atoms with E-state index < -0.39 is 0 Å². The van der Waals surface area contributed by atoms with Crippen LogP contribution in [0.15, 0.2) is 30.5 Å². The van der Waals surface area contributed by atoms with Gasteiger partial charge in [-0.3, -0.25) is 4.98 Å². The molecule has 1 aliphatic rings. The number of nitrogens with zero attached hydrogens (tertiary/aromatic N) is 4. The van der Waals surface area contributed by atoms with Crippen LogP contribution in [-0.2, 0) is 4.74 Å². The Balaban J connectivity index is 1.74. The van der Waals surface area contributed by atoms with E-state index >= 15 is 0 Å². The second-order valence-corrected chi connectivity index (χ2v) is 6.31. The molecule has 4 rings (SSSR count). The molecule has 1 saturated heterocycles. The number of benzene rings is 1. The lowest BCUT2D eigenvalue weighted by molar-refractivity contribution is 0.118. The highest BCUT2D eigenvalue weighted by atomic mass is 16.5. The lowest BCUT2D eigenvalue weighted by Gasteiger charge is -2.23. The van der Waals surface area contributed by atoms with Crippen molar-refractivity contribution in [2.24, 2.45) is 0 Å². The highest BCUT2D eigenvalue weighted by molar-refractivity contribution is 5.75. The summed E-state index contributed by atoms with van der Waals surface area (Å²) in [4.78, 5) is 19.7. The molecule has 0 radical (unpaired) electrons. The number of fused-ring (bicyclic) bond motifs is 1. The van der Waals surface area contributed by atoms with E-state index in [9.17, 15) is 0 Å². The minimum absolute atomic E-state index is 0.123. The number of nitrogens with one attached hydrogen (secondary N) is 1. The zero-order valence-corrected chi connectivity index (χ0v) is 14.2. The van der Waals surface area contributed by atoms with Gasteiger partial charge < -0.3 is 14.6 Å². The maximum absolute atomic E-state index is 5.61. The number of para-hydroxylation sites is 2. The molecule has 3 aromatic rings. The number of methoxy groups -OCH3 is 1. The fourth-order valence-corrected chi connectivity index (χ4v) is 3.30. The SMILES string of the molecule is CO[C@@H]1C[C@@H](c2nc(C)c(C)[nH]2)N(c2cnc3ccccc3n2)C1. The van der Waals surface area contributed by atoms with Crippen molar-refractivity contribution in [3.63, 3.8) is 0 Å². The van der Waals surface area contributed by atoms with Gasteiger partial charge in [-0.1, -0.05) is 12.1 Å². The molecule has 0 unspecified atom stereocenters. The maximum atomic E-state index is 5.61. The lowest BCUT2D eigenvalue weighted by Crippen LogP contribution is -2.26. The molecule has 0 spiro atoms. The summed E-state index contributed by atoms with van der Waals surface area (Å²) >= 11 is 0. The highest BCUT2D eigenvalue weighted by Gasteiger charge is 2.36. The second-order valence-electron chi connectivity index (χ2n) is 6.31. The van der Waals surface area contributed by atoms with Crippen LogP contribution in [0, 0.1) is 13.8 Å². The highest BCUT2D eigenvalue weighted by Crippen LogP contribution is 2.35. The number of aromatic nitrogens is 4. The molecule has 0 saturated carbocycles. The quantitative estimate of drug-likeness (QED) is 0.803. The molecule has 1 aliphatic heterocycles. The molecule has 1 aromatic carbocycles. The smallest absolute Gasteiger partial charge is 0.148 e. The van der Waals surface area contributed by atoms with Gasteiger partial charge in [-0.25, -0.2) is 9.97 Å². The summed E-state index contributed by atoms with van der Waals surface area (Å²) < 4.78 is 5.61. The molecule has 2 atom stereocenters. The molecule has 1 N–H and O–H groups in total. The van der Waals surface area contributed by atoms with Crippen molar-refractivity contribution in [1.82, 2.24) is 19.9 Å². The molecule has 0 amide bonds. The second kappa shape index (κ2) is 5.87. The number of hydrogen-bond donors (Lipinski definition) is 1. The third-order valence-corrected chi connectivity index (χ3v) is 4.79. The Morgan fingerprint density at radius 3 is 2.67 bits per heavy atom. The Labute approximate surface area is 140 Å². The Bertz CT molecular complexity index is 855. The van der Waals surface area contributed by atoms with Crippen LogP contribution in [0.25, 0.3) is 11.0 Å². The van der Waals surface area contributed by atoms with Crippen molar-refractivity contribution >= 4 is 16.9 Å². The zero-order chi connectivity index (χ0) is 16.7. The van der Waals surface area contributed by atoms with Crippen molar-refractivity contribution < 1.29 is 4.74 Å². The van der Waals surface area contributed by atoms with Gasteiger partial charge in [0.2, 0.25) is 0 Å². The van der Waals surface area contributed by atoms with Crippen molar-refractivity contribution in [2.75, 3.05) is 18.6 Å². The summed E-state index contributed by atoms with van der Waals surface area (Å²) in [6.07, 6.45) is 2.89. The van der Waals surface area contributed by atoms with Gasteiger partial charge in [-0.2, -0.15) is 0 Å². The number of aryl methyl sites for hydroxylation is 2. The van der Waals surface area contributed by atoms with Crippen LogP contribution in [-0.4, -0.2) is 39.7 Å². The topological polar surface area (TPSA) is 66.9 Å². The number of imidazole rings is 1. The number of ether oxygens (including phenoxy) is 1. The maximum Gasteiger partial charge on any atom is 0.148 e. The average molecular weight is 323 g/mol. The predicted molar refractivity (Wildman–Crippen MR) is 93.1 cm³/mol. The van der Waals surface area contributed by atoms with E-state index in [0.717, 1.165) is 47.0 Å². The molecule has 6 nitrogen and oxygen atoms in total. The van der Waals surface area contributed by atoms with E-state index in [4.69, 9.17) is 14.7 Å². The minimum Gasteiger partial charge on any atom is -0.380 e. The van der Waals surface area contributed by atoms with Gasteiger partial charge in [0.1, 0.15) is 11.6 Å². The largest absolute Gasteiger partial charge is 0.380 e. The van der Waals surface area contributed by atoms with Gasteiger partial charge in [0.05, 0.1) is 35.1 Å². The third-order valence-electron chi connectivity index (χ3n) is 4.79. The van der Waals surface area contributed by atoms with E-state index in [2.05, 4.69) is 21.8 Å². The summed E-state index contributed by atoms with van der Waals surface area (Å²) in [6, 6.07) is 8.05. The van der Waals surface area contributed by atoms with E-state index in [-0.39, 0.29) is 12.1 Å². The summed E-state index contributed by atoms with van der Waals surface area (Å²) in [6.45, 7) is 4.86. The lowest BCUT2D eigenvalue weighted by atomic mass is 10.2. The van der Waals surface area contributed by atoms with Gasteiger partial charge in [0.25, 0.3) is 0 Å². The fourth-order valence-electron chi connectivity index (χ4n) is 3.30. The van der Waals surface area contributed by atoms with Crippen LogP contribution in [0.2, 0.25) is 0 Å². The minimum atomic E-state index is 0.123. The molecule has 24 heavy (non-hydrogen) atoms. The number of hydrogen-bond acceptors (Lipinski definition) is 5. The van der Waals surface area contributed by atoms with Crippen LogP contribution >= 0.6 is 0 Å². The fraction of sp³-hybridized carbons (Fsp3) is 0.389. The third kappa shape index (κ3) is 2.53. The first-order chi connectivity index (χ1) is 11.7. The van der Waals surface area contributed by atoms with E-state index in [0.29, 0.717) is 0 Å². The molecule has 0 bridgehead atoms. The molecule has 3 heterocycles. The summed E-state index contributed by atoms with van der Waals surface area (Å²) in [5.41, 5.74) is 3.96. The molecule has 124 valence electrons. The number of anilines is 1. The summed E-state index contributed by atoms with van der Waals surface area (Å²) in [7, 11) is 1.76. The predicted octanol–water partition coefficient (Wildman–Crippen LogP) is 2.94. The Morgan fingerprint density at radius 2 is 1.96 bits per heavy atom. The molecule has 2 aromatic heterocycles. The van der Waals surface area contributed by atoms with Gasteiger partial charge >= 0.3 is 0 Å². The Kier molecular flexibility index (Phi) is 3.69. The van der Waals surface area contributed by atoms with Crippen LogP contribution in [0.3, 0.4) is 0 Å². The summed E-state index contributed by atoms with van der Waals surface area (Å²) in [5.74, 6) is 1.84. The van der Waals surface area contributed by atoms with E-state index in [1.165, 1.54) is 0 Å². The standard InChI is InChI=1S/C18H21N5O/c1-11-12(2)21-18(20-11)16-8-13(24-3)10-23(16)17-9-19-14-6-4-5-7-15(14)22-17/h4-7,9,13,16H,8,10H2,1-3H3,(H,20,21)/t13-,16+/m1/s1. The average Bonchev–Trinajstić information content (AvgIpc) is 3.18. The van der Waals surface area contributed by atoms with Crippen LogP contribution in [0.4, 0.5) is 5.82 Å². The first-order valence-corrected chi connectivity index (χ1v) is 8.20. The first-order valence-electron chi connectivity index (χ1n) is 8.20. The van der Waals surface area contributed by atoms with Gasteiger partial charge in [0.15, 0.2) is 0 Å². The van der Waals surface area contributed by atoms with E-state index in [1.807, 2.05) is 37.4 Å². The van der Waals surface area contributed by atoms with Crippen LogP contribution in [0.1, 0.15) is 29.7 Å². The molecular weight excluding hydrogens is 302 g/mol. The monoisotopic (exact) mass is 323 g/mol. The van der Waals surface area contributed by atoms with Crippen LogP contribution < -0.4 is 4.90 Å². The van der Waals surface area contributed by atoms with Gasteiger partial charge in [-0.15, -0.1) is 0 Å². The zero-order valence-electron chi connectivity index (χ0n) is 14.2. The van der Waals surface area contributed by atoms with Crippen molar-refractivity contribution in [1.29, 1.82) is 0 Å². The van der Waals surface area contributed by atoms with Crippen molar-refractivity contribution in [3.05, 3.63) is 47.7 Å². The molecular formula is C18H21N5O. The van der Waals surface area contributed by atoms with Gasteiger partial charge in [-0.05, 0) is 26.0 Å². The Morgan fingerprint density at radius 1 is 1.17 bits per heavy atom. The Hall–Kier alpha value is -2.47. The first kappa shape index (κ1) is 15.1. The van der Waals surface area contributed by atoms with Crippen molar-refractivity contribution in [2.45, 2.75) is 32.4 Å². The van der Waals surface area contributed by atoms with Crippen LogP contribution in [0.5, 0.6) is 0 Å². The molecule has 6 heteroatoms. The number of aromatic amines is 1. The number of rotatable bonds is 3. The van der Waals surface area contributed by atoms with Crippen molar-refractivity contribution in [3.8, 4) is 0 Å².